The fraction of sp³-hybridized carbons (Fsp3) is 0.423. The Labute approximate surface area is 199 Å². The SMILES string of the molecule is O=C(NCCCN1CCCCCC1=O)C1Cc2ccccc2CN1C(=O)c1ccccc1Cl. The van der Waals surface area contributed by atoms with Crippen molar-refractivity contribution >= 4 is 29.3 Å². The number of halogens is 1. The van der Waals surface area contributed by atoms with E-state index in [1.807, 2.05) is 29.2 Å². The van der Waals surface area contributed by atoms with Gasteiger partial charge in [-0.3, -0.25) is 14.4 Å². The molecule has 0 aliphatic carbocycles. The third-order valence-electron chi connectivity index (χ3n) is 6.49. The molecule has 1 atom stereocenters. The molecule has 1 saturated heterocycles. The zero-order valence-electron chi connectivity index (χ0n) is 18.8. The first-order valence-corrected chi connectivity index (χ1v) is 12.1. The summed E-state index contributed by atoms with van der Waals surface area (Å²) in [5.41, 5.74) is 2.52. The second-order valence-corrected chi connectivity index (χ2v) is 9.14. The summed E-state index contributed by atoms with van der Waals surface area (Å²) in [6.07, 6.45) is 4.87. The third-order valence-corrected chi connectivity index (χ3v) is 6.82. The van der Waals surface area contributed by atoms with Crippen LogP contribution in [0.3, 0.4) is 0 Å². The summed E-state index contributed by atoms with van der Waals surface area (Å²) in [5, 5.41) is 3.38. The maximum absolute atomic E-state index is 13.4. The van der Waals surface area contributed by atoms with E-state index in [-0.39, 0.29) is 17.7 Å². The van der Waals surface area contributed by atoms with Crippen molar-refractivity contribution in [3.63, 3.8) is 0 Å². The Kier molecular flexibility index (Phi) is 7.65. The summed E-state index contributed by atoms with van der Waals surface area (Å²) >= 11 is 6.29. The minimum Gasteiger partial charge on any atom is -0.354 e. The molecule has 1 N–H and O–H groups in total. The molecule has 0 spiro atoms. The van der Waals surface area contributed by atoms with Gasteiger partial charge in [0.05, 0.1) is 10.6 Å². The first-order valence-electron chi connectivity index (χ1n) is 11.7. The molecule has 6 nitrogen and oxygen atoms in total. The number of carbonyl (C=O) groups excluding carboxylic acids is 3. The van der Waals surface area contributed by atoms with E-state index in [2.05, 4.69) is 5.32 Å². The summed E-state index contributed by atoms with van der Waals surface area (Å²) < 4.78 is 0. The van der Waals surface area contributed by atoms with Crippen molar-refractivity contribution in [2.75, 3.05) is 19.6 Å². The van der Waals surface area contributed by atoms with Gasteiger partial charge in [-0.1, -0.05) is 54.4 Å². The van der Waals surface area contributed by atoms with Crippen LogP contribution in [0.25, 0.3) is 0 Å². The van der Waals surface area contributed by atoms with Crippen molar-refractivity contribution in [2.45, 2.75) is 51.1 Å². The number of benzene rings is 2. The van der Waals surface area contributed by atoms with Crippen LogP contribution in [0.1, 0.15) is 53.6 Å². The molecule has 2 heterocycles. The molecule has 2 aromatic rings. The van der Waals surface area contributed by atoms with Gasteiger partial charge in [-0.15, -0.1) is 0 Å². The minimum atomic E-state index is -0.608. The van der Waals surface area contributed by atoms with Crippen LogP contribution in [0.15, 0.2) is 48.5 Å². The van der Waals surface area contributed by atoms with E-state index in [1.54, 1.807) is 29.2 Å². The zero-order chi connectivity index (χ0) is 23.2. The summed E-state index contributed by atoms with van der Waals surface area (Å²) in [5.74, 6) is -0.211. The Balaban J connectivity index is 1.43. The van der Waals surface area contributed by atoms with Crippen molar-refractivity contribution in [3.8, 4) is 0 Å². The smallest absolute Gasteiger partial charge is 0.256 e. The third kappa shape index (κ3) is 5.56. The van der Waals surface area contributed by atoms with E-state index in [4.69, 9.17) is 11.6 Å². The average molecular weight is 468 g/mol. The Hall–Kier alpha value is -2.86. The van der Waals surface area contributed by atoms with Gasteiger partial charge in [-0.25, -0.2) is 0 Å². The van der Waals surface area contributed by atoms with Gasteiger partial charge in [0, 0.05) is 39.0 Å². The lowest BCUT2D eigenvalue weighted by Gasteiger charge is -2.36. The normalized spacial score (nSPS) is 18.5. The van der Waals surface area contributed by atoms with Crippen LogP contribution >= 0.6 is 11.6 Å². The molecule has 2 aliphatic rings. The molecular formula is C26H30ClN3O3. The van der Waals surface area contributed by atoms with Crippen LogP contribution in [-0.2, 0) is 22.6 Å². The Morgan fingerprint density at radius 3 is 2.58 bits per heavy atom. The number of fused-ring (bicyclic) bond motifs is 1. The fourth-order valence-corrected chi connectivity index (χ4v) is 4.85. The lowest BCUT2D eigenvalue weighted by Crippen LogP contribution is -2.52. The Morgan fingerprint density at radius 1 is 1.00 bits per heavy atom. The van der Waals surface area contributed by atoms with Crippen LogP contribution in [-0.4, -0.2) is 53.2 Å². The summed E-state index contributed by atoms with van der Waals surface area (Å²) in [7, 11) is 0. The molecule has 2 aromatic carbocycles. The molecule has 0 saturated carbocycles. The van der Waals surface area contributed by atoms with Crippen molar-refractivity contribution in [2.24, 2.45) is 0 Å². The molecule has 7 heteroatoms. The number of rotatable bonds is 6. The highest BCUT2D eigenvalue weighted by atomic mass is 35.5. The highest BCUT2D eigenvalue weighted by Crippen LogP contribution is 2.27. The quantitative estimate of drug-likeness (QED) is 0.656. The van der Waals surface area contributed by atoms with E-state index in [0.717, 1.165) is 36.9 Å². The Morgan fingerprint density at radius 2 is 1.76 bits per heavy atom. The monoisotopic (exact) mass is 467 g/mol. The number of amides is 3. The second-order valence-electron chi connectivity index (χ2n) is 8.74. The van der Waals surface area contributed by atoms with Gasteiger partial charge in [-0.2, -0.15) is 0 Å². The molecular weight excluding hydrogens is 438 g/mol. The van der Waals surface area contributed by atoms with Crippen LogP contribution in [0.2, 0.25) is 5.02 Å². The summed E-state index contributed by atoms with van der Waals surface area (Å²) in [4.78, 5) is 42.3. The topological polar surface area (TPSA) is 69.7 Å². The molecule has 0 aromatic heterocycles. The number of hydrogen-bond acceptors (Lipinski definition) is 3. The largest absolute Gasteiger partial charge is 0.354 e. The number of carbonyl (C=O) groups is 3. The van der Waals surface area contributed by atoms with Crippen molar-refractivity contribution in [1.82, 2.24) is 15.1 Å². The summed E-state index contributed by atoms with van der Waals surface area (Å²) in [6, 6.07) is 14.2. The van der Waals surface area contributed by atoms with Crippen LogP contribution in [0.5, 0.6) is 0 Å². The Bertz CT molecular complexity index is 1030. The number of hydrogen-bond donors (Lipinski definition) is 1. The molecule has 2 aliphatic heterocycles. The van der Waals surface area contributed by atoms with Crippen LogP contribution < -0.4 is 5.32 Å². The molecule has 33 heavy (non-hydrogen) atoms. The average Bonchev–Trinajstić information content (AvgIpc) is 3.04. The van der Waals surface area contributed by atoms with E-state index >= 15 is 0 Å². The van der Waals surface area contributed by atoms with Gasteiger partial charge in [0.1, 0.15) is 6.04 Å². The number of nitrogens with zero attached hydrogens (tertiary/aromatic N) is 2. The maximum atomic E-state index is 13.4. The van der Waals surface area contributed by atoms with Crippen molar-refractivity contribution in [3.05, 3.63) is 70.2 Å². The standard InChI is InChI=1S/C26H30ClN3O3/c27-22-12-6-5-11-21(22)26(33)30-18-20-10-4-3-9-19(20)17-23(30)25(32)28-14-8-16-29-15-7-1-2-13-24(29)31/h3-6,9-12,23H,1-2,7-8,13-18H2,(H,28,32). The van der Waals surface area contributed by atoms with Crippen LogP contribution in [0, 0.1) is 0 Å². The van der Waals surface area contributed by atoms with Crippen molar-refractivity contribution < 1.29 is 14.4 Å². The van der Waals surface area contributed by atoms with E-state index in [0.29, 0.717) is 49.5 Å². The van der Waals surface area contributed by atoms with E-state index in [1.165, 1.54) is 0 Å². The number of likely N-dealkylation sites (tertiary alicyclic amines) is 1. The maximum Gasteiger partial charge on any atom is 0.256 e. The molecule has 0 radical (unpaired) electrons. The molecule has 4 rings (SSSR count). The van der Waals surface area contributed by atoms with E-state index < -0.39 is 6.04 Å². The van der Waals surface area contributed by atoms with Gasteiger partial charge in [-0.05, 0) is 42.5 Å². The van der Waals surface area contributed by atoms with Crippen LogP contribution in [0.4, 0.5) is 0 Å². The van der Waals surface area contributed by atoms with Gasteiger partial charge >= 0.3 is 0 Å². The highest BCUT2D eigenvalue weighted by molar-refractivity contribution is 6.33. The predicted octanol–water partition coefficient (Wildman–Crippen LogP) is 3.82. The van der Waals surface area contributed by atoms with Gasteiger partial charge in [0.25, 0.3) is 5.91 Å². The molecule has 1 fully saturated rings. The zero-order valence-corrected chi connectivity index (χ0v) is 19.5. The lowest BCUT2D eigenvalue weighted by molar-refractivity contribution is -0.130. The molecule has 3 amide bonds. The van der Waals surface area contributed by atoms with E-state index in [9.17, 15) is 14.4 Å². The molecule has 174 valence electrons. The minimum absolute atomic E-state index is 0.174. The summed E-state index contributed by atoms with van der Waals surface area (Å²) in [6.45, 7) is 2.27. The number of nitrogens with one attached hydrogen (secondary N) is 1. The fourth-order valence-electron chi connectivity index (χ4n) is 4.63. The van der Waals surface area contributed by atoms with Crippen molar-refractivity contribution in [1.29, 1.82) is 0 Å². The van der Waals surface area contributed by atoms with Gasteiger partial charge in [0.15, 0.2) is 0 Å². The van der Waals surface area contributed by atoms with Gasteiger partial charge in [0.2, 0.25) is 11.8 Å². The lowest BCUT2D eigenvalue weighted by atomic mass is 9.92. The highest BCUT2D eigenvalue weighted by Gasteiger charge is 2.35. The first kappa shape index (κ1) is 23.3. The first-order chi connectivity index (χ1) is 16.0. The second kappa shape index (κ2) is 10.8. The van der Waals surface area contributed by atoms with Gasteiger partial charge < -0.3 is 15.1 Å². The molecule has 0 bridgehead atoms. The predicted molar refractivity (Wildman–Crippen MR) is 128 cm³/mol. The molecule has 1 unspecified atom stereocenters.